The first-order chi connectivity index (χ1) is 6.14. The van der Waals surface area contributed by atoms with Gasteiger partial charge >= 0.3 is 0 Å². The van der Waals surface area contributed by atoms with Crippen LogP contribution in [0.2, 0.25) is 18.1 Å². The zero-order valence-electron chi connectivity index (χ0n) is 10.3. The third kappa shape index (κ3) is 3.09. The van der Waals surface area contributed by atoms with Crippen molar-refractivity contribution in [1.29, 1.82) is 0 Å². The Hall–Kier alpha value is 0.177. The lowest BCUT2D eigenvalue weighted by Crippen LogP contribution is -2.49. The second kappa shape index (κ2) is 4.80. The zero-order valence-corrected chi connectivity index (χ0v) is 12.0. The molecule has 1 atom stereocenters. The number of alkyl halides is 1. The van der Waals surface area contributed by atoms with E-state index in [0.29, 0.717) is 5.41 Å². The van der Waals surface area contributed by atoms with Crippen LogP contribution in [0.25, 0.3) is 0 Å². The summed E-state index contributed by atoms with van der Waals surface area (Å²) < 4.78 is 0. The van der Waals surface area contributed by atoms with Crippen molar-refractivity contribution in [3.63, 3.8) is 0 Å². The summed E-state index contributed by atoms with van der Waals surface area (Å²) >= 11 is 6.11. The van der Waals surface area contributed by atoms with Crippen LogP contribution in [0, 0.1) is 0 Å². The van der Waals surface area contributed by atoms with Gasteiger partial charge in [-0.05, 0) is 11.5 Å². The van der Waals surface area contributed by atoms with Crippen molar-refractivity contribution in [2.24, 2.45) is 0 Å². The molecule has 0 aliphatic heterocycles. The molecule has 0 saturated heterocycles. The van der Waals surface area contributed by atoms with Crippen molar-refractivity contribution < 1.29 is 4.79 Å². The van der Waals surface area contributed by atoms with Crippen molar-refractivity contribution in [2.45, 2.75) is 64.0 Å². The molecule has 0 amide bonds. The molecule has 0 spiro atoms. The summed E-state index contributed by atoms with van der Waals surface area (Å²) in [6.45, 7) is 12.8. The Kier molecular flexibility index (Phi) is 4.86. The Morgan fingerprint density at radius 3 is 2.07 bits per heavy atom. The zero-order chi connectivity index (χ0) is 11.6. The topological polar surface area (TPSA) is 17.1 Å². The van der Waals surface area contributed by atoms with Gasteiger partial charge in [-0.2, -0.15) is 0 Å². The van der Waals surface area contributed by atoms with Crippen LogP contribution in [0.4, 0.5) is 0 Å². The SMILES string of the molecule is CCCC(Cl)C(=O)[Si](C)(C)C(C)(C)C. The van der Waals surface area contributed by atoms with Crippen LogP contribution >= 0.6 is 11.6 Å². The first-order valence-electron chi connectivity index (χ1n) is 5.33. The van der Waals surface area contributed by atoms with Crippen LogP contribution in [0.15, 0.2) is 0 Å². The van der Waals surface area contributed by atoms with Crippen molar-refractivity contribution in [3.05, 3.63) is 0 Å². The molecular formula is C11H23ClOSi. The second-order valence-electron chi connectivity index (χ2n) is 5.50. The molecule has 1 unspecified atom stereocenters. The molecule has 0 aromatic heterocycles. The number of carbonyl (C=O) groups excluding carboxylic acids is 1. The van der Waals surface area contributed by atoms with Gasteiger partial charge in [0, 0.05) is 0 Å². The predicted octanol–water partition coefficient (Wildman–Crippen LogP) is 4.01. The molecule has 1 nitrogen and oxygen atoms in total. The minimum atomic E-state index is -1.88. The quantitative estimate of drug-likeness (QED) is 0.531. The predicted molar refractivity (Wildman–Crippen MR) is 66.8 cm³/mol. The summed E-state index contributed by atoms with van der Waals surface area (Å²) in [7, 11) is -1.88. The molecule has 0 bridgehead atoms. The van der Waals surface area contributed by atoms with Crippen molar-refractivity contribution >= 4 is 25.1 Å². The van der Waals surface area contributed by atoms with E-state index in [9.17, 15) is 4.79 Å². The van der Waals surface area contributed by atoms with Gasteiger partial charge < -0.3 is 4.79 Å². The minimum Gasteiger partial charge on any atom is -0.304 e. The van der Waals surface area contributed by atoms with Gasteiger partial charge in [-0.25, -0.2) is 0 Å². The van der Waals surface area contributed by atoms with Crippen LogP contribution in [-0.2, 0) is 4.79 Å². The van der Waals surface area contributed by atoms with Crippen molar-refractivity contribution in [3.8, 4) is 0 Å². The van der Waals surface area contributed by atoms with E-state index < -0.39 is 8.07 Å². The molecule has 84 valence electrons. The third-order valence-electron chi connectivity index (χ3n) is 3.32. The highest BCUT2D eigenvalue weighted by Crippen LogP contribution is 2.38. The second-order valence-corrected chi connectivity index (χ2v) is 11.3. The molecular weight excluding hydrogens is 212 g/mol. The van der Waals surface area contributed by atoms with Gasteiger partial charge in [0.25, 0.3) is 0 Å². The Balaban J connectivity index is 4.67. The Labute approximate surface area is 94.2 Å². The Morgan fingerprint density at radius 1 is 1.36 bits per heavy atom. The van der Waals surface area contributed by atoms with Crippen LogP contribution < -0.4 is 0 Å². The van der Waals surface area contributed by atoms with Crippen LogP contribution in [0.1, 0.15) is 40.5 Å². The van der Waals surface area contributed by atoms with Crippen molar-refractivity contribution in [1.82, 2.24) is 0 Å². The highest BCUT2D eigenvalue weighted by molar-refractivity contribution is 7.07. The molecule has 0 radical (unpaired) electrons. The molecule has 0 heterocycles. The lowest BCUT2D eigenvalue weighted by molar-refractivity contribution is -0.112. The number of hydrogen-bond acceptors (Lipinski definition) is 1. The fourth-order valence-electron chi connectivity index (χ4n) is 1.15. The maximum Gasteiger partial charge on any atom is 0.134 e. The number of halogens is 1. The molecule has 14 heavy (non-hydrogen) atoms. The van der Waals surface area contributed by atoms with Gasteiger partial charge in [-0.3, -0.25) is 0 Å². The highest BCUT2D eigenvalue weighted by Gasteiger charge is 2.44. The summed E-state index contributed by atoms with van der Waals surface area (Å²) in [5, 5.41) is 0.153. The monoisotopic (exact) mass is 234 g/mol. The van der Waals surface area contributed by atoms with Crippen LogP contribution in [0.3, 0.4) is 0 Å². The van der Waals surface area contributed by atoms with E-state index in [4.69, 9.17) is 11.6 Å². The maximum atomic E-state index is 12.1. The first kappa shape index (κ1) is 14.2. The summed E-state index contributed by atoms with van der Waals surface area (Å²) in [6, 6.07) is 0. The first-order valence-corrected chi connectivity index (χ1v) is 8.76. The third-order valence-corrected chi connectivity index (χ3v) is 9.25. The maximum absolute atomic E-state index is 12.1. The summed E-state index contributed by atoms with van der Waals surface area (Å²) in [4.78, 5) is 12.1. The van der Waals surface area contributed by atoms with Gasteiger partial charge in [-0.15, -0.1) is 11.6 Å². The Morgan fingerprint density at radius 2 is 1.79 bits per heavy atom. The molecule has 0 aliphatic rings. The standard InChI is InChI=1S/C11H23ClOSi/c1-7-8-9(12)10(13)14(5,6)11(2,3)4/h9H,7-8H2,1-6H3. The lowest BCUT2D eigenvalue weighted by atomic mass is 10.2. The smallest absolute Gasteiger partial charge is 0.134 e. The van der Waals surface area contributed by atoms with E-state index in [1.807, 2.05) is 0 Å². The molecule has 0 aromatic rings. The van der Waals surface area contributed by atoms with Gasteiger partial charge in [0.15, 0.2) is 0 Å². The van der Waals surface area contributed by atoms with E-state index in [1.54, 1.807) is 0 Å². The lowest BCUT2D eigenvalue weighted by Gasteiger charge is -2.36. The summed E-state index contributed by atoms with van der Waals surface area (Å²) in [5.74, 6) is 0. The number of hydrogen-bond donors (Lipinski definition) is 0. The molecule has 3 heteroatoms. The molecule has 0 aromatic carbocycles. The summed E-state index contributed by atoms with van der Waals surface area (Å²) in [6.07, 6.45) is 1.79. The highest BCUT2D eigenvalue weighted by atomic mass is 35.5. The van der Waals surface area contributed by atoms with E-state index in [2.05, 4.69) is 40.8 Å². The van der Waals surface area contributed by atoms with Crippen molar-refractivity contribution in [2.75, 3.05) is 0 Å². The molecule has 0 N–H and O–H groups in total. The normalized spacial score (nSPS) is 15.4. The van der Waals surface area contributed by atoms with Gasteiger partial charge in [0.05, 0.1) is 5.38 Å². The Bertz CT molecular complexity index is 206. The number of carbonyl (C=O) groups is 1. The van der Waals surface area contributed by atoms with Gasteiger partial charge in [-0.1, -0.05) is 47.2 Å². The minimum absolute atomic E-state index is 0.102. The largest absolute Gasteiger partial charge is 0.304 e. The van der Waals surface area contributed by atoms with E-state index in [1.165, 1.54) is 0 Å². The van der Waals surface area contributed by atoms with E-state index >= 15 is 0 Å². The summed E-state index contributed by atoms with van der Waals surface area (Å²) in [5.41, 5.74) is 0. The molecule has 0 rings (SSSR count). The van der Waals surface area contributed by atoms with Crippen LogP contribution in [0.5, 0.6) is 0 Å². The molecule has 0 aliphatic carbocycles. The molecule has 0 saturated carbocycles. The van der Waals surface area contributed by atoms with E-state index in [-0.39, 0.29) is 10.4 Å². The van der Waals surface area contributed by atoms with Gasteiger partial charge in [0.2, 0.25) is 0 Å². The molecule has 0 fully saturated rings. The number of rotatable bonds is 4. The van der Waals surface area contributed by atoms with Gasteiger partial charge in [0.1, 0.15) is 13.5 Å². The van der Waals surface area contributed by atoms with E-state index in [0.717, 1.165) is 12.8 Å². The van der Waals surface area contributed by atoms with Crippen LogP contribution in [-0.4, -0.2) is 18.9 Å². The average Bonchev–Trinajstić information content (AvgIpc) is 2.01. The average molecular weight is 235 g/mol. The fourth-order valence-corrected chi connectivity index (χ4v) is 3.85. The fraction of sp³-hybridized carbons (Fsp3) is 0.909.